The van der Waals surface area contributed by atoms with Crippen LogP contribution in [0.3, 0.4) is 0 Å². The number of furan rings is 1. The molecule has 1 aliphatic rings. The quantitative estimate of drug-likeness (QED) is 0.769. The Morgan fingerprint density at radius 1 is 1.19 bits per heavy atom. The van der Waals surface area contributed by atoms with Crippen molar-refractivity contribution in [1.82, 2.24) is 4.90 Å². The van der Waals surface area contributed by atoms with Crippen LogP contribution in [0.5, 0.6) is 0 Å². The Labute approximate surface area is 153 Å². The second kappa shape index (κ2) is 6.29. The van der Waals surface area contributed by atoms with Gasteiger partial charge in [-0.3, -0.25) is 9.69 Å². The molecule has 4 rings (SSSR count). The number of nitrogens with zero attached hydrogens (tertiary/aromatic N) is 1. The first-order valence-electron chi connectivity index (χ1n) is 9.03. The van der Waals surface area contributed by atoms with Crippen molar-refractivity contribution in [1.29, 1.82) is 0 Å². The molecule has 134 valence electrons. The molecule has 1 atom stereocenters. The highest BCUT2D eigenvalue weighted by molar-refractivity contribution is 5.83. The third kappa shape index (κ3) is 3.25. The van der Waals surface area contributed by atoms with Gasteiger partial charge in [0, 0.05) is 24.0 Å². The number of fused-ring (bicyclic) bond motifs is 1. The van der Waals surface area contributed by atoms with Crippen molar-refractivity contribution >= 4 is 16.9 Å². The molecule has 26 heavy (non-hydrogen) atoms. The summed E-state index contributed by atoms with van der Waals surface area (Å²) in [6.45, 7) is 5.97. The number of benzene rings is 2. The van der Waals surface area contributed by atoms with Gasteiger partial charge in [0.15, 0.2) is 0 Å². The van der Waals surface area contributed by atoms with E-state index in [1.165, 1.54) is 5.56 Å². The third-order valence-electron chi connectivity index (χ3n) is 5.17. The molecule has 2 heterocycles. The fraction of sp³-hybridized carbons (Fsp3) is 0.318. The minimum Gasteiger partial charge on any atom is -0.456 e. The van der Waals surface area contributed by atoms with Gasteiger partial charge in [0.25, 0.3) is 0 Å². The second-order valence-corrected chi connectivity index (χ2v) is 8.04. The van der Waals surface area contributed by atoms with Crippen LogP contribution in [0.25, 0.3) is 22.3 Å². The average molecular weight is 348 g/mol. The van der Waals surface area contributed by atoms with Crippen LogP contribution in [0.2, 0.25) is 0 Å². The Morgan fingerprint density at radius 3 is 2.69 bits per heavy atom. The normalized spacial score (nSPS) is 19.8. The number of amides is 1. The van der Waals surface area contributed by atoms with Crippen LogP contribution in [0.15, 0.2) is 59.0 Å². The van der Waals surface area contributed by atoms with E-state index in [9.17, 15) is 4.79 Å². The van der Waals surface area contributed by atoms with Gasteiger partial charge in [-0.25, -0.2) is 0 Å². The Morgan fingerprint density at radius 2 is 1.96 bits per heavy atom. The highest BCUT2D eigenvalue weighted by Gasteiger charge is 2.40. The summed E-state index contributed by atoms with van der Waals surface area (Å²) in [7, 11) is 0. The fourth-order valence-electron chi connectivity index (χ4n) is 3.99. The predicted octanol–water partition coefficient (Wildman–Crippen LogP) is 4.19. The van der Waals surface area contributed by atoms with Gasteiger partial charge in [-0.05, 0) is 35.6 Å². The minimum atomic E-state index is -0.230. The summed E-state index contributed by atoms with van der Waals surface area (Å²) >= 11 is 0. The second-order valence-electron chi connectivity index (χ2n) is 8.04. The van der Waals surface area contributed by atoms with Gasteiger partial charge in [0.1, 0.15) is 11.3 Å². The summed E-state index contributed by atoms with van der Waals surface area (Å²) in [5.74, 6) is 0.640. The van der Waals surface area contributed by atoms with E-state index >= 15 is 0 Å². The lowest BCUT2D eigenvalue weighted by Crippen LogP contribution is -2.39. The average Bonchev–Trinajstić information content (AvgIpc) is 3.16. The number of nitrogens with two attached hydrogens (primary N) is 1. The molecule has 2 N–H and O–H groups in total. The van der Waals surface area contributed by atoms with Crippen molar-refractivity contribution in [3.63, 3.8) is 0 Å². The molecule has 4 nitrogen and oxygen atoms in total. The molecule has 1 aliphatic heterocycles. The van der Waals surface area contributed by atoms with E-state index in [0.29, 0.717) is 0 Å². The van der Waals surface area contributed by atoms with Crippen molar-refractivity contribution in [2.24, 2.45) is 11.1 Å². The largest absolute Gasteiger partial charge is 0.456 e. The summed E-state index contributed by atoms with van der Waals surface area (Å²) in [6.07, 6.45) is 0.814. The van der Waals surface area contributed by atoms with Crippen molar-refractivity contribution in [3.05, 3.63) is 60.2 Å². The maximum absolute atomic E-state index is 11.8. The standard InChI is InChI=1S/C22H24N2O2/c1-22(2)12-18(21(23)25)24(14-22)13-15-8-9-19-17(10-15)11-20(26-19)16-6-4-3-5-7-16/h3-11,18H,12-14H2,1-2H3,(H2,23,25)/t18-/m0/s1. The molecule has 4 heteroatoms. The molecule has 2 aromatic carbocycles. The topological polar surface area (TPSA) is 59.5 Å². The smallest absolute Gasteiger partial charge is 0.234 e. The summed E-state index contributed by atoms with van der Waals surface area (Å²) < 4.78 is 5.98. The van der Waals surface area contributed by atoms with E-state index < -0.39 is 0 Å². The van der Waals surface area contributed by atoms with E-state index in [1.807, 2.05) is 36.4 Å². The molecule has 3 aromatic rings. The van der Waals surface area contributed by atoms with E-state index in [1.54, 1.807) is 0 Å². The Bertz CT molecular complexity index is 943. The van der Waals surface area contributed by atoms with Gasteiger partial charge in [-0.2, -0.15) is 0 Å². The SMILES string of the molecule is CC1(C)C[C@@H](C(N)=O)N(Cc2ccc3oc(-c4ccccc4)cc3c2)C1. The fourth-order valence-corrected chi connectivity index (χ4v) is 3.99. The molecule has 0 radical (unpaired) electrons. The molecule has 1 saturated heterocycles. The molecular weight excluding hydrogens is 324 g/mol. The molecular formula is C22H24N2O2. The third-order valence-corrected chi connectivity index (χ3v) is 5.17. The zero-order chi connectivity index (χ0) is 18.3. The number of likely N-dealkylation sites (tertiary alicyclic amines) is 1. The summed E-state index contributed by atoms with van der Waals surface area (Å²) in [6, 6.07) is 18.2. The van der Waals surface area contributed by atoms with Crippen molar-refractivity contribution in [2.75, 3.05) is 6.54 Å². The van der Waals surface area contributed by atoms with Crippen LogP contribution < -0.4 is 5.73 Å². The molecule has 0 aliphatic carbocycles. The maximum atomic E-state index is 11.8. The van der Waals surface area contributed by atoms with Crippen LogP contribution in [0.1, 0.15) is 25.8 Å². The number of primary amides is 1. The molecule has 1 fully saturated rings. The maximum Gasteiger partial charge on any atom is 0.234 e. The van der Waals surface area contributed by atoms with Crippen LogP contribution >= 0.6 is 0 Å². The van der Waals surface area contributed by atoms with Crippen molar-refractivity contribution < 1.29 is 9.21 Å². The first-order chi connectivity index (χ1) is 12.4. The number of hydrogen-bond donors (Lipinski definition) is 1. The summed E-state index contributed by atoms with van der Waals surface area (Å²) in [4.78, 5) is 14.0. The minimum absolute atomic E-state index is 0.111. The predicted molar refractivity (Wildman–Crippen MR) is 103 cm³/mol. The Balaban J connectivity index is 1.60. The van der Waals surface area contributed by atoms with E-state index in [2.05, 4.69) is 36.9 Å². The monoisotopic (exact) mass is 348 g/mol. The summed E-state index contributed by atoms with van der Waals surface area (Å²) in [5.41, 5.74) is 8.85. The van der Waals surface area contributed by atoms with E-state index in [0.717, 1.165) is 41.8 Å². The highest BCUT2D eigenvalue weighted by Crippen LogP contribution is 2.35. The van der Waals surface area contributed by atoms with Gasteiger partial charge in [-0.1, -0.05) is 50.2 Å². The van der Waals surface area contributed by atoms with Crippen LogP contribution in [-0.4, -0.2) is 23.4 Å². The highest BCUT2D eigenvalue weighted by atomic mass is 16.3. The van der Waals surface area contributed by atoms with Crippen LogP contribution in [-0.2, 0) is 11.3 Å². The van der Waals surface area contributed by atoms with E-state index in [-0.39, 0.29) is 17.4 Å². The van der Waals surface area contributed by atoms with Gasteiger partial charge in [-0.15, -0.1) is 0 Å². The van der Waals surface area contributed by atoms with Gasteiger partial charge in [0.05, 0.1) is 6.04 Å². The van der Waals surface area contributed by atoms with Gasteiger partial charge in [0.2, 0.25) is 5.91 Å². The number of rotatable bonds is 4. The van der Waals surface area contributed by atoms with Crippen molar-refractivity contribution in [2.45, 2.75) is 32.9 Å². The van der Waals surface area contributed by atoms with Gasteiger partial charge < -0.3 is 10.2 Å². The molecule has 1 aromatic heterocycles. The Hall–Kier alpha value is -2.59. The lowest BCUT2D eigenvalue weighted by molar-refractivity contribution is -0.122. The van der Waals surface area contributed by atoms with E-state index in [4.69, 9.17) is 10.2 Å². The molecule has 0 saturated carbocycles. The van der Waals surface area contributed by atoms with Crippen LogP contribution in [0, 0.1) is 5.41 Å². The Kier molecular flexibility index (Phi) is 4.08. The summed E-state index contributed by atoms with van der Waals surface area (Å²) in [5, 5.41) is 1.08. The number of hydrogen-bond acceptors (Lipinski definition) is 3. The first kappa shape index (κ1) is 16.9. The van der Waals surface area contributed by atoms with Gasteiger partial charge >= 0.3 is 0 Å². The van der Waals surface area contributed by atoms with Crippen molar-refractivity contribution in [3.8, 4) is 11.3 Å². The lowest BCUT2D eigenvalue weighted by atomic mass is 9.90. The lowest BCUT2D eigenvalue weighted by Gasteiger charge is -2.22. The molecule has 0 spiro atoms. The molecule has 1 amide bonds. The molecule has 0 unspecified atom stereocenters. The van der Waals surface area contributed by atoms with Crippen LogP contribution in [0.4, 0.5) is 0 Å². The molecule has 0 bridgehead atoms. The number of carbonyl (C=O) groups excluding carboxylic acids is 1. The zero-order valence-electron chi connectivity index (χ0n) is 15.2. The first-order valence-corrected chi connectivity index (χ1v) is 9.03. The zero-order valence-corrected chi connectivity index (χ0v) is 15.2. The number of carbonyl (C=O) groups is 1.